The highest BCUT2D eigenvalue weighted by atomic mass is 16.6. The van der Waals surface area contributed by atoms with Gasteiger partial charge in [0.15, 0.2) is 11.4 Å². The number of amides is 4. The molecule has 0 saturated carbocycles. The molecule has 5 N–H and O–H groups in total. The number of fused-ring (bicyclic) bond motifs is 2. The minimum absolute atomic E-state index is 0.139. The van der Waals surface area contributed by atoms with Gasteiger partial charge < -0.3 is 30.3 Å². The van der Waals surface area contributed by atoms with Crippen LogP contribution >= 0.6 is 0 Å². The molecule has 0 radical (unpaired) electrons. The number of benzene rings is 2. The fraction of sp³-hybridized carbons (Fsp3) is 0.304. The molecule has 320 valence electrons. The Morgan fingerprint density at radius 1 is 0.710 bits per heavy atom. The third-order valence-electron chi connectivity index (χ3n) is 10.6. The molecule has 0 fully saturated rings. The van der Waals surface area contributed by atoms with E-state index in [1.807, 2.05) is 69.3 Å². The van der Waals surface area contributed by atoms with Crippen LogP contribution in [0.2, 0.25) is 0 Å². The van der Waals surface area contributed by atoms with Gasteiger partial charge in [-0.25, -0.2) is 9.59 Å². The van der Waals surface area contributed by atoms with Crippen LogP contribution in [-0.4, -0.2) is 101 Å². The second-order valence-corrected chi connectivity index (χ2v) is 17.2. The fourth-order valence-electron chi connectivity index (χ4n) is 7.41. The summed E-state index contributed by atoms with van der Waals surface area (Å²) in [6.07, 6.45) is 10.5. The molecule has 2 aliphatic rings. The van der Waals surface area contributed by atoms with Crippen LogP contribution in [0.1, 0.15) is 86.5 Å². The summed E-state index contributed by atoms with van der Waals surface area (Å²) in [5.41, 5.74) is 6.95. The molecule has 4 aromatic heterocycles. The zero-order valence-corrected chi connectivity index (χ0v) is 35.5. The van der Waals surface area contributed by atoms with Gasteiger partial charge in [0, 0.05) is 72.6 Å². The predicted molar refractivity (Wildman–Crippen MR) is 238 cm³/mol. The number of carbonyl (C=O) groups is 4. The average molecular weight is 839 g/mol. The van der Waals surface area contributed by atoms with E-state index in [9.17, 15) is 24.3 Å². The number of carboxylic acid groups (broad SMARTS) is 1. The van der Waals surface area contributed by atoms with Crippen LogP contribution in [0.3, 0.4) is 0 Å². The smallest absolute Gasteiger partial charge is 0.410 e. The normalized spacial score (nSPS) is 15.5. The van der Waals surface area contributed by atoms with Gasteiger partial charge in [-0.15, -0.1) is 0 Å². The third kappa shape index (κ3) is 9.97. The van der Waals surface area contributed by atoms with Crippen LogP contribution < -0.4 is 10.6 Å². The number of hydrogen-bond acceptors (Lipinski definition) is 9. The number of aromatic nitrogens is 6. The van der Waals surface area contributed by atoms with E-state index >= 15 is 0 Å². The second-order valence-electron chi connectivity index (χ2n) is 17.2. The van der Waals surface area contributed by atoms with Gasteiger partial charge in [0.2, 0.25) is 0 Å². The molecule has 4 amide bonds. The molecule has 1 unspecified atom stereocenters. The van der Waals surface area contributed by atoms with Crippen LogP contribution in [0, 0.1) is 5.41 Å². The van der Waals surface area contributed by atoms with E-state index in [0.29, 0.717) is 55.2 Å². The maximum atomic E-state index is 12.8. The van der Waals surface area contributed by atoms with Gasteiger partial charge in [-0.05, 0) is 110 Å². The molecular weight excluding hydrogens is 789 g/mol. The van der Waals surface area contributed by atoms with Crippen molar-refractivity contribution in [1.82, 2.24) is 40.2 Å². The largest absolute Gasteiger partial charge is 0.465 e. The first kappa shape index (κ1) is 42.8. The second kappa shape index (κ2) is 17.7. The Balaban J connectivity index is 0.000000186. The Labute approximate surface area is 358 Å². The molecular formula is C46H50N10O6. The number of ether oxygens (including phenoxy) is 1. The molecule has 16 nitrogen and oxygen atoms in total. The van der Waals surface area contributed by atoms with E-state index in [1.165, 1.54) is 4.90 Å². The number of pyridine rings is 2. The summed E-state index contributed by atoms with van der Waals surface area (Å²) in [6.45, 7) is 13.1. The number of carbonyl (C=O) groups excluding carboxylic acids is 3. The lowest BCUT2D eigenvalue weighted by Crippen LogP contribution is -2.48. The summed E-state index contributed by atoms with van der Waals surface area (Å²) in [4.78, 5) is 60.6. The molecule has 8 rings (SSSR count). The van der Waals surface area contributed by atoms with Gasteiger partial charge in [0.1, 0.15) is 5.60 Å². The topological polar surface area (TPSA) is 211 Å². The molecule has 6 heterocycles. The number of nitrogens with one attached hydrogen (secondary N) is 4. The van der Waals surface area contributed by atoms with E-state index in [0.717, 1.165) is 44.1 Å². The zero-order valence-electron chi connectivity index (χ0n) is 35.5. The Kier molecular flexibility index (Phi) is 12.2. The van der Waals surface area contributed by atoms with Crippen molar-refractivity contribution in [2.24, 2.45) is 5.41 Å². The zero-order chi connectivity index (χ0) is 44.2. The van der Waals surface area contributed by atoms with E-state index in [1.54, 1.807) is 54.0 Å². The summed E-state index contributed by atoms with van der Waals surface area (Å²) in [5.74, 6) is -0.597. The SMILES string of the molecule is CC(C)(C)C1CC(c2ccc3[nH]nc(C(=O)Nc4ccncc4)c3c2)=CCN1C(=O)O.CC(C)(C)OC(=O)N1CC=C(c2ccc3[nH]nc(C(=O)Nc4ccncc4)c3c2)CC1. The lowest BCUT2D eigenvalue weighted by molar-refractivity contribution is 0.0270. The van der Waals surface area contributed by atoms with Crippen LogP contribution in [0.4, 0.5) is 21.0 Å². The Hall–Kier alpha value is -7.36. The maximum Gasteiger partial charge on any atom is 0.410 e. The minimum atomic E-state index is -0.907. The van der Waals surface area contributed by atoms with Gasteiger partial charge in [-0.2, -0.15) is 10.2 Å². The van der Waals surface area contributed by atoms with E-state index in [-0.39, 0.29) is 29.4 Å². The number of hydrogen-bond donors (Lipinski definition) is 5. The number of aromatic amines is 2. The number of H-pyrrole nitrogens is 2. The van der Waals surface area contributed by atoms with Crippen molar-refractivity contribution in [2.75, 3.05) is 30.3 Å². The first-order valence-electron chi connectivity index (χ1n) is 20.3. The molecule has 0 spiro atoms. The Morgan fingerprint density at radius 3 is 1.66 bits per heavy atom. The van der Waals surface area contributed by atoms with E-state index in [2.05, 4.69) is 61.8 Å². The summed E-state index contributed by atoms with van der Waals surface area (Å²) >= 11 is 0. The summed E-state index contributed by atoms with van der Waals surface area (Å²) in [7, 11) is 0. The van der Waals surface area contributed by atoms with Crippen molar-refractivity contribution in [3.63, 3.8) is 0 Å². The number of rotatable bonds is 6. The van der Waals surface area contributed by atoms with Gasteiger partial charge in [0.05, 0.1) is 11.0 Å². The summed E-state index contributed by atoms with van der Waals surface area (Å²) < 4.78 is 5.45. The molecule has 6 aromatic rings. The highest BCUT2D eigenvalue weighted by Crippen LogP contribution is 2.37. The molecule has 0 saturated heterocycles. The van der Waals surface area contributed by atoms with Crippen LogP contribution in [0.25, 0.3) is 33.0 Å². The number of anilines is 2. The van der Waals surface area contributed by atoms with Crippen molar-refractivity contribution in [3.05, 3.63) is 120 Å². The van der Waals surface area contributed by atoms with Crippen LogP contribution in [-0.2, 0) is 4.74 Å². The van der Waals surface area contributed by atoms with Gasteiger partial charge in [-0.1, -0.05) is 45.1 Å². The minimum Gasteiger partial charge on any atom is -0.465 e. The Morgan fingerprint density at radius 2 is 1.21 bits per heavy atom. The standard InChI is InChI=1S/2C23H25N5O3/c1-23(2,3)31-22(30)28-12-8-15(9-13-28)16-4-5-19-18(14-16)20(27-26-19)21(29)25-17-6-10-24-11-7-17;1-23(2,3)19-13-15(8-11-28(19)22(30)31)14-4-5-18-17(12-14)20(27-26-18)21(29)25-16-6-9-24-10-7-16/h4-8,10-11,14H,9,12-13H2,1-3H3,(H,26,27)(H,24,25,29);4-10,12,19H,11,13H2,1-3H3,(H,26,27)(H,30,31)(H,24,25,29). The quantitative estimate of drug-likeness (QED) is 0.108. The van der Waals surface area contributed by atoms with E-state index in [4.69, 9.17) is 4.74 Å². The molecule has 1 atom stereocenters. The van der Waals surface area contributed by atoms with Crippen molar-refractivity contribution >= 4 is 68.3 Å². The highest BCUT2D eigenvalue weighted by Gasteiger charge is 2.36. The predicted octanol–water partition coefficient (Wildman–Crippen LogP) is 8.63. The maximum absolute atomic E-state index is 12.8. The fourth-order valence-corrected chi connectivity index (χ4v) is 7.41. The molecule has 2 aromatic carbocycles. The van der Waals surface area contributed by atoms with E-state index < -0.39 is 11.7 Å². The Bertz CT molecular complexity index is 2670. The van der Waals surface area contributed by atoms with Crippen LogP contribution in [0.15, 0.2) is 97.6 Å². The number of nitrogens with zero attached hydrogens (tertiary/aromatic N) is 6. The molecule has 16 heteroatoms. The van der Waals surface area contributed by atoms with Crippen molar-refractivity contribution < 1.29 is 29.0 Å². The summed E-state index contributed by atoms with van der Waals surface area (Å²) in [6, 6.07) is 18.4. The monoisotopic (exact) mass is 838 g/mol. The average Bonchev–Trinajstić information content (AvgIpc) is 3.88. The van der Waals surface area contributed by atoms with Crippen LogP contribution in [0.5, 0.6) is 0 Å². The van der Waals surface area contributed by atoms with Crippen molar-refractivity contribution in [2.45, 2.75) is 66.0 Å². The molecule has 0 aliphatic carbocycles. The lowest BCUT2D eigenvalue weighted by atomic mass is 9.79. The highest BCUT2D eigenvalue weighted by molar-refractivity contribution is 6.12. The molecule has 0 bridgehead atoms. The lowest BCUT2D eigenvalue weighted by Gasteiger charge is -2.41. The third-order valence-corrected chi connectivity index (χ3v) is 10.6. The van der Waals surface area contributed by atoms with Crippen molar-refractivity contribution in [3.8, 4) is 0 Å². The first-order chi connectivity index (χ1) is 29.5. The van der Waals surface area contributed by atoms with Gasteiger partial charge in [-0.3, -0.25) is 29.8 Å². The first-order valence-corrected chi connectivity index (χ1v) is 20.3. The van der Waals surface area contributed by atoms with Gasteiger partial charge in [0.25, 0.3) is 11.8 Å². The van der Waals surface area contributed by atoms with Gasteiger partial charge >= 0.3 is 12.2 Å². The molecule has 2 aliphatic heterocycles. The van der Waals surface area contributed by atoms with Crippen molar-refractivity contribution in [1.29, 1.82) is 0 Å². The summed E-state index contributed by atoms with van der Waals surface area (Å²) in [5, 5.41) is 31.0. The molecule has 62 heavy (non-hydrogen) atoms.